The highest BCUT2D eigenvalue weighted by atomic mass is 16.6. The van der Waals surface area contributed by atoms with Gasteiger partial charge >= 0.3 is 23.9 Å². The average molecular weight is 817 g/mol. The predicted octanol–water partition coefficient (Wildman–Crippen LogP) is 10.5. The third-order valence-corrected chi connectivity index (χ3v) is 9.09. The Kier molecular flexibility index (Phi) is 13.6. The number of esters is 4. The largest absolute Gasteiger partial charge is 0.423 e. The molecule has 0 aliphatic rings. The van der Waals surface area contributed by atoms with Crippen LogP contribution in [0.2, 0.25) is 0 Å². The summed E-state index contributed by atoms with van der Waals surface area (Å²) in [5.41, 5.74) is 2.67. The lowest BCUT2D eigenvalue weighted by atomic mass is 9.94. The zero-order valence-electron chi connectivity index (χ0n) is 33.0. The fourth-order valence-corrected chi connectivity index (χ4v) is 6.22. The maximum atomic E-state index is 14.8. The second-order valence-corrected chi connectivity index (χ2v) is 13.4. The van der Waals surface area contributed by atoms with Crippen LogP contribution in [0, 0.1) is 0 Å². The van der Waals surface area contributed by atoms with Crippen LogP contribution in [0.15, 0.2) is 194 Å². The van der Waals surface area contributed by atoms with E-state index >= 15 is 0 Å². The lowest BCUT2D eigenvalue weighted by Crippen LogP contribution is -2.16. The van der Waals surface area contributed by atoms with Gasteiger partial charge < -0.3 is 18.9 Å². The number of rotatable bonds is 14. The van der Waals surface area contributed by atoms with Gasteiger partial charge in [0, 0.05) is 35.3 Å². The van der Waals surface area contributed by atoms with Crippen molar-refractivity contribution in [2.75, 3.05) is 0 Å². The molecule has 0 heterocycles. The number of ketones is 1. The number of carbonyl (C=O) groups excluding carboxylic acids is 5. The Labute approximate surface area is 357 Å². The van der Waals surface area contributed by atoms with Crippen molar-refractivity contribution in [3.05, 3.63) is 228 Å². The predicted molar refractivity (Wildman–Crippen MR) is 238 cm³/mol. The third-order valence-electron chi connectivity index (χ3n) is 9.09. The molecule has 0 amide bonds. The molecule has 9 nitrogen and oxygen atoms in total. The SMILES string of the molecule is O=C(C=Cc1ccccc1)Oc1c(OC(=O)C=Cc2ccccc2)c(OC(=O)C=Cc2ccccc2)c2c(OC(=O)C=Cc3ccccc3)cccc2c1C(=O)c1ccccc1. The molecule has 0 bridgehead atoms. The van der Waals surface area contributed by atoms with Gasteiger partial charge in [-0.05, 0) is 52.6 Å². The number of ether oxygens (including phenoxy) is 4. The number of carbonyl (C=O) groups is 5. The molecule has 0 radical (unpaired) electrons. The molecule has 0 aromatic heterocycles. The topological polar surface area (TPSA) is 122 Å². The monoisotopic (exact) mass is 816 g/mol. The van der Waals surface area contributed by atoms with E-state index in [0.717, 1.165) is 23.8 Å². The van der Waals surface area contributed by atoms with Gasteiger partial charge in [0.15, 0.2) is 17.3 Å². The zero-order valence-corrected chi connectivity index (χ0v) is 33.0. The summed E-state index contributed by atoms with van der Waals surface area (Å²) in [7, 11) is 0. The molecular formula is C53H36O9. The number of hydrogen-bond acceptors (Lipinski definition) is 9. The van der Waals surface area contributed by atoms with Crippen LogP contribution < -0.4 is 18.9 Å². The van der Waals surface area contributed by atoms with E-state index < -0.39 is 46.9 Å². The minimum atomic E-state index is -0.985. The molecule has 7 rings (SSSR count). The first-order valence-electron chi connectivity index (χ1n) is 19.3. The van der Waals surface area contributed by atoms with Gasteiger partial charge in [0.1, 0.15) is 5.75 Å². The fraction of sp³-hybridized carbons (Fsp3) is 0. The quantitative estimate of drug-likeness (QED) is 0.0457. The third kappa shape index (κ3) is 10.9. The highest BCUT2D eigenvalue weighted by Gasteiger charge is 2.33. The standard InChI is InChI=1S/C53H36O9/c54-44(33-29-37-17-6-1-7-18-37)59-43-28-16-27-42-48(43)51(60-45(55)34-30-38-19-8-2-9-20-38)53(62-47(57)36-32-40-23-12-4-13-24-40)52(49(42)50(58)41-25-14-5-15-26-41)61-46(56)35-31-39-21-10-3-11-22-39/h1-36H. The second kappa shape index (κ2) is 20.3. The summed E-state index contributed by atoms with van der Waals surface area (Å²) < 4.78 is 23.9. The van der Waals surface area contributed by atoms with E-state index in [1.807, 2.05) is 36.4 Å². The molecule has 0 saturated heterocycles. The van der Waals surface area contributed by atoms with E-state index in [0.29, 0.717) is 16.7 Å². The summed E-state index contributed by atoms with van der Waals surface area (Å²) in [5, 5.41) is -0.0651. The highest BCUT2D eigenvalue weighted by Crippen LogP contribution is 2.51. The minimum absolute atomic E-state index is 0.0421. The molecule has 7 aromatic rings. The molecule has 0 fully saturated rings. The summed E-state index contributed by atoms with van der Waals surface area (Å²) in [4.78, 5) is 69.8. The summed E-state index contributed by atoms with van der Waals surface area (Å²) >= 11 is 0. The molecule has 302 valence electrons. The molecule has 9 heteroatoms. The Hall–Kier alpha value is -8.69. The van der Waals surface area contributed by atoms with Gasteiger partial charge in [-0.25, -0.2) is 19.2 Å². The van der Waals surface area contributed by atoms with E-state index in [1.54, 1.807) is 121 Å². The Bertz CT molecular complexity index is 2850. The van der Waals surface area contributed by atoms with E-state index in [1.165, 1.54) is 42.5 Å². The van der Waals surface area contributed by atoms with Gasteiger partial charge in [-0.2, -0.15) is 0 Å². The van der Waals surface area contributed by atoms with Crippen LogP contribution in [0.25, 0.3) is 35.1 Å². The summed E-state index contributed by atoms with van der Waals surface area (Å²) in [6.07, 6.45) is 10.7. The first kappa shape index (κ1) is 41.5. The molecule has 0 spiro atoms. The van der Waals surface area contributed by atoms with Crippen LogP contribution in [0.4, 0.5) is 0 Å². The van der Waals surface area contributed by atoms with Gasteiger partial charge in [-0.1, -0.05) is 164 Å². The maximum absolute atomic E-state index is 14.8. The Morgan fingerprint density at radius 3 is 1.11 bits per heavy atom. The van der Waals surface area contributed by atoms with Crippen molar-refractivity contribution in [1.29, 1.82) is 0 Å². The van der Waals surface area contributed by atoms with Crippen molar-refractivity contribution in [1.82, 2.24) is 0 Å². The Balaban J connectivity index is 1.46. The van der Waals surface area contributed by atoms with Gasteiger partial charge in [0.05, 0.1) is 10.9 Å². The normalized spacial score (nSPS) is 11.3. The summed E-state index contributed by atoms with van der Waals surface area (Å²) in [6.45, 7) is 0. The van der Waals surface area contributed by atoms with E-state index in [-0.39, 0.29) is 27.6 Å². The molecule has 0 aliphatic carbocycles. The van der Waals surface area contributed by atoms with Crippen molar-refractivity contribution in [3.63, 3.8) is 0 Å². The van der Waals surface area contributed by atoms with Crippen LogP contribution in [-0.2, 0) is 19.2 Å². The maximum Gasteiger partial charge on any atom is 0.336 e. The number of benzene rings is 7. The van der Waals surface area contributed by atoms with Crippen LogP contribution in [-0.4, -0.2) is 29.7 Å². The molecule has 0 N–H and O–H groups in total. The first-order valence-corrected chi connectivity index (χ1v) is 19.3. The minimum Gasteiger partial charge on any atom is -0.423 e. The van der Waals surface area contributed by atoms with Crippen molar-refractivity contribution in [2.45, 2.75) is 0 Å². The van der Waals surface area contributed by atoms with Crippen LogP contribution in [0.3, 0.4) is 0 Å². The number of hydrogen-bond donors (Lipinski definition) is 0. The lowest BCUT2D eigenvalue weighted by Gasteiger charge is -2.21. The molecule has 0 saturated carbocycles. The lowest BCUT2D eigenvalue weighted by molar-refractivity contribution is -0.132. The van der Waals surface area contributed by atoms with Crippen molar-refractivity contribution < 1.29 is 42.9 Å². The van der Waals surface area contributed by atoms with Crippen molar-refractivity contribution >= 4 is 64.7 Å². The van der Waals surface area contributed by atoms with Crippen LogP contribution >= 0.6 is 0 Å². The van der Waals surface area contributed by atoms with E-state index in [4.69, 9.17) is 18.9 Å². The van der Waals surface area contributed by atoms with Gasteiger partial charge in [-0.3, -0.25) is 4.79 Å². The second-order valence-electron chi connectivity index (χ2n) is 13.4. The van der Waals surface area contributed by atoms with E-state index in [2.05, 4.69) is 0 Å². The zero-order chi connectivity index (χ0) is 43.1. The molecule has 0 unspecified atom stereocenters. The molecule has 0 aliphatic heterocycles. The van der Waals surface area contributed by atoms with E-state index in [9.17, 15) is 24.0 Å². The number of fused-ring (bicyclic) bond motifs is 1. The van der Waals surface area contributed by atoms with Gasteiger partial charge in [-0.15, -0.1) is 0 Å². The van der Waals surface area contributed by atoms with Crippen LogP contribution in [0.1, 0.15) is 38.2 Å². The summed E-state index contributed by atoms with van der Waals surface area (Å²) in [6, 6.07) is 48.5. The molecular weight excluding hydrogens is 781 g/mol. The van der Waals surface area contributed by atoms with Crippen molar-refractivity contribution in [3.8, 4) is 23.0 Å². The fourth-order valence-electron chi connectivity index (χ4n) is 6.22. The van der Waals surface area contributed by atoms with Gasteiger partial charge in [0.2, 0.25) is 5.75 Å². The van der Waals surface area contributed by atoms with Crippen LogP contribution in [0.5, 0.6) is 23.0 Å². The molecule has 62 heavy (non-hydrogen) atoms. The molecule has 7 aromatic carbocycles. The molecule has 0 atom stereocenters. The average Bonchev–Trinajstić information content (AvgIpc) is 3.31. The smallest absolute Gasteiger partial charge is 0.336 e. The Morgan fingerprint density at radius 1 is 0.339 bits per heavy atom. The summed E-state index contributed by atoms with van der Waals surface area (Å²) in [5.74, 6) is -6.13. The highest BCUT2D eigenvalue weighted by molar-refractivity contribution is 6.22. The van der Waals surface area contributed by atoms with Crippen molar-refractivity contribution in [2.24, 2.45) is 0 Å². The first-order chi connectivity index (χ1) is 30.3. The van der Waals surface area contributed by atoms with Gasteiger partial charge in [0.25, 0.3) is 0 Å². The Morgan fingerprint density at radius 2 is 0.694 bits per heavy atom.